The van der Waals surface area contributed by atoms with Crippen molar-refractivity contribution in [2.45, 2.75) is 6.61 Å². The van der Waals surface area contributed by atoms with E-state index in [2.05, 4.69) is 9.97 Å². The van der Waals surface area contributed by atoms with Gasteiger partial charge in [-0.3, -0.25) is 4.79 Å². The third kappa shape index (κ3) is 4.18. The Hall–Kier alpha value is -3.88. The first kappa shape index (κ1) is 19.9. The van der Waals surface area contributed by atoms with Gasteiger partial charge in [0.25, 0.3) is 5.91 Å². The average molecular weight is 396 g/mol. The largest absolute Gasteiger partial charge is 0.485 e. The fourth-order valence-electron chi connectivity index (χ4n) is 2.72. The van der Waals surface area contributed by atoms with Crippen LogP contribution in [0.2, 0.25) is 0 Å². The van der Waals surface area contributed by atoms with E-state index in [1.807, 2.05) is 0 Å². The van der Waals surface area contributed by atoms with Crippen LogP contribution in [-0.2, 0) is 6.61 Å². The van der Waals surface area contributed by atoms with Crippen LogP contribution < -0.4 is 21.9 Å². The minimum Gasteiger partial charge on any atom is -0.485 e. The molecule has 0 saturated carbocycles. The molecule has 8 nitrogen and oxygen atoms in total. The Morgan fingerprint density at radius 3 is 2.59 bits per heavy atom. The quantitative estimate of drug-likeness (QED) is 0.564. The van der Waals surface area contributed by atoms with E-state index in [4.69, 9.17) is 21.9 Å². The van der Waals surface area contributed by atoms with Gasteiger partial charge in [0.1, 0.15) is 18.2 Å². The van der Waals surface area contributed by atoms with Gasteiger partial charge in [-0.15, -0.1) is 0 Å². The number of carbonyl (C=O) groups excluding carboxylic acids is 1. The van der Waals surface area contributed by atoms with E-state index in [-0.39, 0.29) is 35.0 Å². The van der Waals surface area contributed by atoms with E-state index < -0.39 is 11.7 Å². The van der Waals surface area contributed by atoms with Crippen molar-refractivity contribution in [2.24, 2.45) is 0 Å². The number of amides is 1. The lowest BCUT2D eigenvalue weighted by atomic mass is 10.0. The van der Waals surface area contributed by atoms with Crippen molar-refractivity contribution in [1.82, 2.24) is 14.9 Å². The summed E-state index contributed by atoms with van der Waals surface area (Å²) in [6.07, 6.45) is 2.98. The third-order valence-electron chi connectivity index (χ3n) is 4.23. The van der Waals surface area contributed by atoms with Crippen LogP contribution in [0, 0.1) is 5.82 Å². The second kappa shape index (κ2) is 8.01. The molecular formula is C20H21FN6O2. The number of nitrogens with two attached hydrogens (primary N) is 3. The summed E-state index contributed by atoms with van der Waals surface area (Å²) in [5.74, 6) is -0.473. The Morgan fingerprint density at radius 2 is 1.90 bits per heavy atom. The Labute approximate surface area is 167 Å². The fourth-order valence-corrected chi connectivity index (χ4v) is 2.72. The van der Waals surface area contributed by atoms with Crippen LogP contribution in [0.3, 0.4) is 0 Å². The number of halogens is 1. The normalized spacial score (nSPS) is 10.6. The van der Waals surface area contributed by atoms with Crippen LogP contribution in [0.5, 0.6) is 5.75 Å². The van der Waals surface area contributed by atoms with Crippen molar-refractivity contribution < 1.29 is 13.9 Å². The topological polar surface area (TPSA) is 133 Å². The maximum Gasteiger partial charge on any atom is 0.258 e. The van der Waals surface area contributed by atoms with Gasteiger partial charge in [-0.05, 0) is 35.9 Å². The van der Waals surface area contributed by atoms with Gasteiger partial charge in [0.15, 0.2) is 11.6 Å². The van der Waals surface area contributed by atoms with Crippen LogP contribution >= 0.6 is 0 Å². The van der Waals surface area contributed by atoms with Crippen LogP contribution in [0.15, 0.2) is 42.7 Å². The smallest absolute Gasteiger partial charge is 0.258 e. The molecule has 0 bridgehead atoms. The predicted octanol–water partition coefficient (Wildman–Crippen LogP) is 2.31. The van der Waals surface area contributed by atoms with E-state index >= 15 is 4.39 Å². The molecule has 0 spiro atoms. The molecule has 0 atom stereocenters. The molecule has 2 aromatic heterocycles. The Morgan fingerprint density at radius 1 is 1.14 bits per heavy atom. The average Bonchev–Trinajstić information content (AvgIpc) is 2.67. The number of hydrogen-bond acceptors (Lipinski definition) is 7. The Kier molecular flexibility index (Phi) is 5.49. The van der Waals surface area contributed by atoms with E-state index in [0.717, 1.165) is 5.56 Å². The van der Waals surface area contributed by atoms with Gasteiger partial charge in [-0.1, -0.05) is 0 Å². The van der Waals surface area contributed by atoms with Crippen LogP contribution in [-0.4, -0.2) is 34.9 Å². The number of hydrogen-bond donors (Lipinski definition) is 3. The number of anilines is 3. The molecule has 2 heterocycles. The number of rotatable bonds is 5. The summed E-state index contributed by atoms with van der Waals surface area (Å²) in [5, 5.41) is 0. The van der Waals surface area contributed by atoms with Gasteiger partial charge in [0, 0.05) is 43.3 Å². The predicted molar refractivity (Wildman–Crippen MR) is 109 cm³/mol. The molecule has 150 valence electrons. The number of nitrogen functional groups attached to an aromatic ring is 3. The molecule has 6 N–H and O–H groups in total. The molecule has 0 aliphatic heterocycles. The van der Waals surface area contributed by atoms with Crippen molar-refractivity contribution in [2.75, 3.05) is 31.3 Å². The molecule has 0 fully saturated rings. The molecular weight excluding hydrogens is 375 g/mol. The summed E-state index contributed by atoms with van der Waals surface area (Å²) in [4.78, 5) is 21.6. The molecule has 1 aromatic carbocycles. The second-order valence-electron chi connectivity index (χ2n) is 6.58. The highest BCUT2D eigenvalue weighted by Crippen LogP contribution is 2.32. The van der Waals surface area contributed by atoms with Crippen molar-refractivity contribution in [3.05, 3.63) is 59.7 Å². The zero-order valence-corrected chi connectivity index (χ0v) is 16.0. The number of nitrogens with zero attached hydrogens (tertiary/aromatic N) is 3. The second-order valence-corrected chi connectivity index (χ2v) is 6.58. The van der Waals surface area contributed by atoms with E-state index in [9.17, 15) is 4.79 Å². The lowest BCUT2D eigenvalue weighted by molar-refractivity contribution is 0.0824. The van der Waals surface area contributed by atoms with Gasteiger partial charge in [0.2, 0.25) is 0 Å². The highest BCUT2D eigenvalue weighted by atomic mass is 19.1. The van der Waals surface area contributed by atoms with Gasteiger partial charge in [-0.25, -0.2) is 14.4 Å². The van der Waals surface area contributed by atoms with Crippen LogP contribution in [0.1, 0.15) is 15.9 Å². The molecule has 0 aliphatic rings. The zero-order valence-electron chi connectivity index (χ0n) is 16.0. The molecule has 0 radical (unpaired) electrons. The first-order chi connectivity index (χ1) is 13.8. The maximum atomic E-state index is 15.1. The fraction of sp³-hybridized carbons (Fsp3) is 0.150. The van der Waals surface area contributed by atoms with Crippen LogP contribution in [0.25, 0.3) is 11.1 Å². The third-order valence-corrected chi connectivity index (χ3v) is 4.23. The van der Waals surface area contributed by atoms with Crippen molar-refractivity contribution >= 4 is 23.2 Å². The summed E-state index contributed by atoms with van der Waals surface area (Å²) in [7, 11) is 3.05. The molecule has 0 saturated heterocycles. The number of pyridine rings is 2. The van der Waals surface area contributed by atoms with Crippen molar-refractivity contribution in [3.8, 4) is 16.9 Å². The van der Waals surface area contributed by atoms with Crippen molar-refractivity contribution in [3.63, 3.8) is 0 Å². The van der Waals surface area contributed by atoms with Crippen LogP contribution in [0.4, 0.5) is 21.7 Å². The molecule has 9 heteroatoms. The van der Waals surface area contributed by atoms with Gasteiger partial charge >= 0.3 is 0 Å². The summed E-state index contributed by atoms with van der Waals surface area (Å²) >= 11 is 0. The van der Waals surface area contributed by atoms with Gasteiger partial charge < -0.3 is 26.8 Å². The zero-order chi connectivity index (χ0) is 21.1. The minimum atomic E-state index is -0.733. The molecule has 29 heavy (non-hydrogen) atoms. The van der Waals surface area contributed by atoms with E-state index in [1.165, 1.54) is 37.3 Å². The summed E-state index contributed by atoms with van der Waals surface area (Å²) < 4.78 is 20.8. The highest BCUT2D eigenvalue weighted by Gasteiger charge is 2.21. The summed E-state index contributed by atoms with van der Waals surface area (Å²) in [6.45, 7) is 0.177. The standard InChI is InChI=1S/C20H21FN6O2/c1-27(2)20(28)17-14(22)4-3-13(18(17)21)12-8-15(19(24)26-9-12)29-10-11-5-6-25-16(23)7-11/h3-9H,10,22H2,1-2H3,(H2,23,25)(H2,24,26). The number of aromatic nitrogens is 2. The van der Waals surface area contributed by atoms with Crippen molar-refractivity contribution in [1.29, 1.82) is 0 Å². The number of carbonyl (C=O) groups is 1. The van der Waals surface area contributed by atoms with Gasteiger partial charge in [-0.2, -0.15) is 0 Å². The molecule has 1 amide bonds. The summed E-state index contributed by atoms with van der Waals surface area (Å²) in [5.41, 5.74) is 18.6. The number of benzene rings is 1. The molecule has 0 unspecified atom stereocenters. The monoisotopic (exact) mass is 396 g/mol. The van der Waals surface area contributed by atoms with E-state index in [0.29, 0.717) is 11.4 Å². The molecule has 3 aromatic rings. The summed E-state index contributed by atoms with van der Waals surface area (Å²) in [6, 6.07) is 7.95. The first-order valence-electron chi connectivity index (χ1n) is 8.66. The number of ether oxygens (including phenoxy) is 1. The lowest BCUT2D eigenvalue weighted by Gasteiger charge is -2.16. The highest BCUT2D eigenvalue weighted by molar-refractivity contribution is 6.00. The lowest BCUT2D eigenvalue weighted by Crippen LogP contribution is -2.24. The Bertz CT molecular complexity index is 1070. The minimum absolute atomic E-state index is 0.0557. The van der Waals surface area contributed by atoms with Gasteiger partial charge in [0.05, 0.1) is 5.56 Å². The molecule has 3 rings (SSSR count). The van der Waals surface area contributed by atoms with E-state index in [1.54, 1.807) is 24.4 Å². The maximum absolute atomic E-state index is 15.1. The SMILES string of the molecule is CN(C)C(=O)c1c(N)ccc(-c2cnc(N)c(OCc3ccnc(N)c3)c2)c1F. The molecule has 0 aliphatic carbocycles. The Balaban J connectivity index is 1.95. The first-order valence-corrected chi connectivity index (χ1v) is 8.66.